The van der Waals surface area contributed by atoms with Gasteiger partial charge in [-0.3, -0.25) is 9.97 Å². The van der Waals surface area contributed by atoms with Gasteiger partial charge in [-0.15, -0.1) is 0 Å². The molecule has 0 radical (unpaired) electrons. The number of rotatable bonds is 2. The van der Waals surface area contributed by atoms with Crippen molar-refractivity contribution < 1.29 is 9.84 Å². The second kappa shape index (κ2) is 3.96. The first-order valence-corrected chi connectivity index (χ1v) is 4.45. The van der Waals surface area contributed by atoms with Crippen molar-refractivity contribution in [3.63, 3.8) is 0 Å². The number of phenols is 1. The van der Waals surface area contributed by atoms with E-state index in [-0.39, 0.29) is 5.75 Å². The number of methoxy groups -OCH3 is 1. The Hall–Kier alpha value is -2.10. The highest BCUT2D eigenvalue weighted by Crippen LogP contribution is 2.35. The van der Waals surface area contributed by atoms with Crippen LogP contribution in [0.1, 0.15) is 0 Å². The molecule has 0 saturated heterocycles. The van der Waals surface area contributed by atoms with Crippen LogP contribution in [0, 0.1) is 0 Å². The number of para-hydroxylation sites is 1. The third kappa shape index (κ3) is 1.74. The topological polar surface area (TPSA) is 55.2 Å². The minimum atomic E-state index is 0.0838. The number of phenolic OH excluding ortho intramolecular Hbond substituents is 1. The molecular weight excluding hydrogens is 192 g/mol. The highest BCUT2D eigenvalue weighted by molar-refractivity contribution is 5.69. The zero-order chi connectivity index (χ0) is 10.7. The smallest absolute Gasteiger partial charge is 0.167 e. The lowest BCUT2D eigenvalue weighted by atomic mass is 10.1. The molecule has 0 fully saturated rings. The molecule has 1 aromatic heterocycles. The van der Waals surface area contributed by atoms with Gasteiger partial charge in [-0.1, -0.05) is 6.07 Å². The summed E-state index contributed by atoms with van der Waals surface area (Å²) >= 11 is 0. The van der Waals surface area contributed by atoms with Crippen molar-refractivity contribution in [1.29, 1.82) is 0 Å². The SMILES string of the molecule is COc1cccc(-c2cnccn2)c1O. The Morgan fingerprint density at radius 3 is 2.80 bits per heavy atom. The highest BCUT2D eigenvalue weighted by atomic mass is 16.5. The number of benzene rings is 1. The average molecular weight is 202 g/mol. The summed E-state index contributed by atoms with van der Waals surface area (Å²) in [4.78, 5) is 8.05. The Kier molecular flexibility index (Phi) is 2.49. The zero-order valence-electron chi connectivity index (χ0n) is 8.21. The predicted octanol–water partition coefficient (Wildman–Crippen LogP) is 1.86. The second-order valence-corrected chi connectivity index (χ2v) is 2.95. The van der Waals surface area contributed by atoms with Crippen LogP contribution in [0.15, 0.2) is 36.8 Å². The van der Waals surface area contributed by atoms with Gasteiger partial charge in [-0.05, 0) is 12.1 Å². The Balaban J connectivity index is 2.54. The average Bonchev–Trinajstić information content (AvgIpc) is 2.30. The molecule has 0 aliphatic rings. The molecule has 2 aromatic rings. The van der Waals surface area contributed by atoms with Crippen molar-refractivity contribution in [2.45, 2.75) is 0 Å². The summed E-state index contributed by atoms with van der Waals surface area (Å²) in [6.45, 7) is 0. The quantitative estimate of drug-likeness (QED) is 0.807. The Morgan fingerprint density at radius 2 is 2.13 bits per heavy atom. The molecule has 4 heteroatoms. The maximum Gasteiger partial charge on any atom is 0.167 e. The molecule has 0 aliphatic carbocycles. The molecule has 2 rings (SSSR count). The van der Waals surface area contributed by atoms with E-state index in [1.807, 2.05) is 0 Å². The molecule has 0 saturated carbocycles. The van der Waals surface area contributed by atoms with Gasteiger partial charge in [-0.2, -0.15) is 0 Å². The minimum absolute atomic E-state index is 0.0838. The molecule has 4 nitrogen and oxygen atoms in total. The highest BCUT2D eigenvalue weighted by Gasteiger charge is 2.09. The van der Waals surface area contributed by atoms with Crippen LogP contribution in [0.5, 0.6) is 11.5 Å². The maximum atomic E-state index is 9.85. The molecule has 0 amide bonds. The van der Waals surface area contributed by atoms with E-state index >= 15 is 0 Å². The molecular formula is C11H10N2O2. The molecule has 0 bridgehead atoms. The number of aromatic nitrogens is 2. The Labute approximate surface area is 87.2 Å². The second-order valence-electron chi connectivity index (χ2n) is 2.95. The summed E-state index contributed by atoms with van der Waals surface area (Å²) in [5.41, 5.74) is 1.23. The van der Waals surface area contributed by atoms with Crippen LogP contribution in [-0.4, -0.2) is 22.2 Å². The normalized spacial score (nSPS) is 9.93. The summed E-state index contributed by atoms with van der Waals surface area (Å²) in [6.07, 6.45) is 4.75. The van der Waals surface area contributed by atoms with Crippen LogP contribution in [0.4, 0.5) is 0 Å². The fraction of sp³-hybridized carbons (Fsp3) is 0.0909. The number of nitrogens with zero attached hydrogens (tertiary/aromatic N) is 2. The molecule has 0 atom stereocenters. The van der Waals surface area contributed by atoms with E-state index in [1.165, 1.54) is 7.11 Å². The van der Waals surface area contributed by atoms with Crippen molar-refractivity contribution in [2.24, 2.45) is 0 Å². The van der Waals surface area contributed by atoms with Gasteiger partial charge >= 0.3 is 0 Å². The summed E-state index contributed by atoms with van der Waals surface area (Å²) in [7, 11) is 1.51. The predicted molar refractivity (Wildman–Crippen MR) is 55.7 cm³/mol. The van der Waals surface area contributed by atoms with E-state index in [2.05, 4.69) is 9.97 Å². The largest absolute Gasteiger partial charge is 0.504 e. The fourth-order valence-electron chi connectivity index (χ4n) is 1.33. The molecule has 76 valence electrons. The number of hydrogen-bond donors (Lipinski definition) is 1. The molecule has 15 heavy (non-hydrogen) atoms. The molecule has 1 aromatic carbocycles. The van der Waals surface area contributed by atoms with Crippen LogP contribution in [0.25, 0.3) is 11.3 Å². The summed E-state index contributed by atoms with van der Waals surface area (Å²) < 4.78 is 5.01. The van der Waals surface area contributed by atoms with E-state index in [4.69, 9.17) is 4.74 Å². The molecule has 0 aliphatic heterocycles. The first-order chi connectivity index (χ1) is 7.33. The van der Waals surface area contributed by atoms with Crippen molar-refractivity contribution >= 4 is 0 Å². The van der Waals surface area contributed by atoms with Gasteiger partial charge < -0.3 is 9.84 Å². The Bertz CT molecular complexity index is 457. The van der Waals surface area contributed by atoms with Gasteiger partial charge in [0.2, 0.25) is 0 Å². The Morgan fingerprint density at radius 1 is 1.27 bits per heavy atom. The van der Waals surface area contributed by atoms with Gasteiger partial charge in [0.25, 0.3) is 0 Å². The first kappa shape index (κ1) is 9.45. The third-order valence-electron chi connectivity index (χ3n) is 2.06. The van der Waals surface area contributed by atoms with Crippen LogP contribution >= 0.6 is 0 Å². The number of hydrogen-bond acceptors (Lipinski definition) is 4. The number of aromatic hydroxyl groups is 1. The van der Waals surface area contributed by atoms with Crippen LogP contribution < -0.4 is 4.74 Å². The fourth-order valence-corrected chi connectivity index (χ4v) is 1.33. The van der Waals surface area contributed by atoms with E-state index in [0.29, 0.717) is 17.0 Å². The van der Waals surface area contributed by atoms with Gasteiger partial charge in [0.1, 0.15) is 0 Å². The summed E-state index contributed by atoms with van der Waals surface area (Å²) in [5.74, 6) is 0.513. The van der Waals surface area contributed by atoms with Crippen molar-refractivity contribution in [3.8, 4) is 22.8 Å². The summed E-state index contributed by atoms with van der Waals surface area (Å²) in [6, 6.07) is 5.25. The monoisotopic (exact) mass is 202 g/mol. The molecule has 1 N–H and O–H groups in total. The lowest BCUT2D eigenvalue weighted by Crippen LogP contribution is -1.88. The first-order valence-electron chi connectivity index (χ1n) is 4.45. The maximum absolute atomic E-state index is 9.85. The van der Waals surface area contributed by atoms with Gasteiger partial charge in [0.15, 0.2) is 11.5 Å². The van der Waals surface area contributed by atoms with Gasteiger partial charge in [-0.25, -0.2) is 0 Å². The van der Waals surface area contributed by atoms with Gasteiger partial charge in [0, 0.05) is 18.0 Å². The van der Waals surface area contributed by atoms with E-state index in [1.54, 1.807) is 36.8 Å². The zero-order valence-corrected chi connectivity index (χ0v) is 8.21. The van der Waals surface area contributed by atoms with E-state index in [9.17, 15) is 5.11 Å². The lowest BCUT2D eigenvalue weighted by molar-refractivity contribution is 0.374. The standard InChI is InChI=1S/C11H10N2O2/c1-15-10-4-2-3-8(11(10)14)9-7-12-5-6-13-9/h2-7,14H,1H3. The molecule has 1 heterocycles. The molecule has 0 spiro atoms. The van der Waals surface area contributed by atoms with Crippen molar-refractivity contribution in [3.05, 3.63) is 36.8 Å². The van der Waals surface area contributed by atoms with E-state index in [0.717, 1.165) is 0 Å². The van der Waals surface area contributed by atoms with Crippen LogP contribution in [-0.2, 0) is 0 Å². The van der Waals surface area contributed by atoms with Gasteiger partial charge in [0.05, 0.1) is 19.0 Å². The van der Waals surface area contributed by atoms with Crippen LogP contribution in [0.2, 0.25) is 0 Å². The molecule has 0 unspecified atom stereocenters. The minimum Gasteiger partial charge on any atom is -0.504 e. The van der Waals surface area contributed by atoms with Crippen molar-refractivity contribution in [1.82, 2.24) is 9.97 Å². The third-order valence-corrected chi connectivity index (χ3v) is 2.06. The number of ether oxygens (including phenoxy) is 1. The van der Waals surface area contributed by atoms with Crippen LogP contribution in [0.3, 0.4) is 0 Å². The lowest BCUT2D eigenvalue weighted by Gasteiger charge is -2.07. The summed E-state index contributed by atoms with van der Waals surface area (Å²) in [5, 5.41) is 9.85. The van der Waals surface area contributed by atoms with Crippen molar-refractivity contribution in [2.75, 3.05) is 7.11 Å². The van der Waals surface area contributed by atoms with E-state index < -0.39 is 0 Å².